The fourth-order valence-electron chi connectivity index (χ4n) is 5.42. The molecule has 3 aliphatic rings. The lowest BCUT2D eigenvalue weighted by Crippen LogP contribution is -2.54. The molecule has 3 atom stereocenters. The molecule has 1 aromatic rings. The van der Waals surface area contributed by atoms with Crippen LogP contribution < -0.4 is 11.1 Å². The summed E-state index contributed by atoms with van der Waals surface area (Å²) in [5, 5.41) is 3.68. The van der Waals surface area contributed by atoms with Crippen molar-refractivity contribution in [3.63, 3.8) is 0 Å². The van der Waals surface area contributed by atoms with Crippen LogP contribution in [0.4, 0.5) is 5.69 Å². The van der Waals surface area contributed by atoms with Gasteiger partial charge in [0.15, 0.2) is 0 Å². The van der Waals surface area contributed by atoms with Crippen LogP contribution in [0.3, 0.4) is 0 Å². The van der Waals surface area contributed by atoms with Gasteiger partial charge in [0.2, 0.25) is 0 Å². The van der Waals surface area contributed by atoms with E-state index < -0.39 is 0 Å². The highest BCUT2D eigenvalue weighted by Gasteiger charge is 2.78. The standard InChI is InChI=1S/C18H27N3O/c19-13-18(21-9-11-22-12-10-21)16-7-4-8-17(16,18)14-20-15-5-2-1-3-6-15/h1-3,5-6,16,20H,4,7-14,19H2/t16-,17-,18+/m0/s1. The zero-order valence-electron chi connectivity index (χ0n) is 13.3. The number of nitrogens with zero attached hydrogens (tertiary/aromatic N) is 1. The van der Waals surface area contributed by atoms with Gasteiger partial charge in [0.1, 0.15) is 0 Å². The molecule has 2 aliphatic carbocycles. The van der Waals surface area contributed by atoms with Crippen LogP contribution in [0.1, 0.15) is 19.3 Å². The summed E-state index contributed by atoms with van der Waals surface area (Å²) in [6.07, 6.45) is 4.00. The predicted molar refractivity (Wildman–Crippen MR) is 88.9 cm³/mol. The normalized spacial score (nSPS) is 37.8. The van der Waals surface area contributed by atoms with Gasteiger partial charge in [0, 0.05) is 42.8 Å². The number of rotatable bonds is 5. The Labute approximate surface area is 133 Å². The molecule has 0 aromatic heterocycles. The van der Waals surface area contributed by atoms with E-state index in [0.717, 1.165) is 45.3 Å². The smallest absolute Gasteiger partial charge is 0.0594 e. The molecule has 4 nitrogen and oxygen atoms in total. The van der Waals surface area contributed by atoms with Gasteiger partial charge in [-0.25, -0.2) is 0 Å². The second kappa shape index (κ2) is 5.52. The first-order valence-electron chi connectivity index (χ1n) is 8.65. The summed E-state index contributed by atoms with van der Waals surface area (Å²) >= 11 is 0. The minimum Gasteiger partial charge on any atom is -0.384 e. The number of benzene rings is 1. The Morgan fingerprint density at radius 2 is 2.00 bits per heavy atom. The fourth-order valence-corrected chi connectivity index (χ4v) is 5.42. The first kappa shape index (κ1) is 14.5. The van der Waals surface area contributed by atoms with E-state index in [9.17, 15) is 0 Å². The van der Waals surface area contributed by atoms with Gasteiger partial charge in [0.25, 0.3) is 0 Å². The molecule has 1 saturated heterocycles. The third-order valence-electron chi connectivity index (χ3n) is 6.41. The average molecular weight is 301 g/mol. The van der Waals surface area contributed by atoms with Gasteiger partial charge < -0.3 is 15.8 Å². The monoisotopic (exact) mass is 301 g/mol. The highest BCUT2D eigenvalue weighted by Crippen LogP contribution is 2.73. The van der Waals surface area contributed by atoms with Gasteiger partial charge >= 0.3 is 0 Å². The van der Waals surface area contributed by atoms with Crippen molar-refractivity contribution in [1.29, 1.82) is 0 Å². The number of hydrogen-bond acceptors (Lipinski definition) is 4. The van der Waals surface area contributed by atoms with E-state index in [4.69, 9.17) is 10.5 Å². The van der Waals surface area contributed by atoms with Gasteiger partial charge in [-0.05, 0) is 30.9 Å². The molecular weight excluding hydrogens is 274 g/mol. The maximum Gasteiger partial charge on any atom is 0.0594 e. The van der Waals surface area contributed by atoms with E-state index in [1.165, 1.54) is 24.9 Å². The summed E-state index contributed by atoms with van der Waals surface area (Å²) in [5.74, 6) is 0.763. The molecule has 4 heteroatoms. The number of anilines is 1. The fraction of sp³-hybridized carbons (Fsp3) is 0.667. The summed E-state index contributed by atoms with van der Waals surface area (Å²) in [5.41, 5.74) is 8.15. The Morgan fingerprint density at radius 3 is 2.73 bits per heavy atom. The van der Waals surface area contributed by atoms with E-state index in [1.807, 2.05) is 0 Å². The molecule has 0 bridgehead atoms. The van der Waals surface area contributed by atoms with Crippen molar-refractivity contribution >= 4 is 5.69 Å². The zero-order valence-corrected chi connectivity index (χ0v) is 13.3. The van der Waals surface area contributed by atoms with Crippen LogP contribution in [0.25, 0.3) is 0 Å². The van der Waals surface area contributed by atoms with E-state index in [1.54, 1.807) is 0 Å². The second-order valence-corrected chi connectivity index (χ2v) is 7.05. The van der Waals surface area contributed by atoms with Gasteiger partial charge in [0.05, 0.1) is 13.2 Å². The van der Waals surface area contributed by atoms with Crippen LogP contribution in [0, 0.1) is 11.3 Å². The molecule has 0 unspecified atom stereocenters. The third kappa shape index (κ3) is 1.94. The number of nitrogens with two attached hydrogens (primary N) is 1. The molecular formula is C18H27N3O. The first-order valence-corrected chi connectivity index (χ1v) is 8.65. The number of morpholine rings is 1. The van der Waals surface area contributed by atoms with Gasteiger partial charge in [-0.3, -0.25) is 4.90 Å². The van der Waals surface area contributed by atoms with Crippen molar-refractivity contribution in [2.24, 2.45) is 17.1 Å². The molecule has 3 N–H and O–H groups in total. The van der Waals surface area contributed by atoms with Crippen LogP contribution in [0.15, 0.2) is 30.3 Å². The van der Waals surface area contributed by atoms with Crippen LogP contribution >= 0.6 is 0 Å². The lowest BCUT2D eigenvalue weighted by Gasteiger charge is -2.39. The number of hydrogen-bond donors (Lipinski definition) is 2. The zero-order chi connectivity index (χ0) is 15.0. The highest BCUT2D eigenvalue weighted by atomic mass is 16.5. The first-order chi connectivity index (χ1) is 10.8. The molecule has 1 aliphatic heterocycles. The van der Waals surface area contributed by atoms with E-state index in [-0.39, 0.29) is 5.54 Å². The van der Waals surface area contributed by atoms with Gasteiger partial charge in [-0.1, -0.05) is 24.6 Å². The summed E-state index contributed by atoms with van der Waals surface area (Å²) in [6, 6.07) is 10.6. The average Bonchev–Trinajstić information content (AvgIpc) is 2.89. The Morgan fingerprint density at radius 1 is 1.23 bits per heavy atom. The quantitative estimate of drug-likeness (QED) is 0.872. The van der Waals surface area contributed by atoms with Crippen LogP contribution in [-0.4, -0.2) is 49.8 Å². The molecule has 1 heterocycles. The van der Waals surface area contributed by atoms with Crippen molar-refractivity contribution in [2.45, 2.75) is 24.8 Å². The number of fused-ring (bicyclic) bond motifs is 1. The summed E-state index contributed by atoms with van der Waals surface area (Å²) in [7, 11) is 0. The molecule has 1 aromatic carbocycles. The Balaban J connectivity index is 1.53. The minimum absolute atomic E-state index is 0.219. The molecule has 0 spiro atoms. The Bertz CT molecular complexity index is 516. The largest absolute Gasteiger partial charge is 0.384 e. The topological polar surface area (TPSA) is 50.5 Å². The van der Waals surface area contributed by atoms with Crippen molar-refractivity contribution in [3.8, 4) is 0 Å². The summed E-state index contributed by atoms with van der Waals surface area (Å²) < 4.78 is 5.55. The summed E-state index contributed by atoms with van der Waals surface area (Å²) in [4.78, 5) is 2.65. The highest BCUT2D eigenvalue weighted by molar-refractivity contribution is 5.45. The molecule has 2 saturated carbocycles. The van der Waals surface area contributed by atoms with Gasteiger partial charge in [-0.2, -0.15) is 0 Å². The second-order valence-electron chi connectivity index (χ2n) is 7.05. The number of nitrogens with one attached hydrogen (secondary N) is 1. The molecule has 0 amide bonds. The Kier molecular flexibility index (Phi) is 3.63. The van der Waals surface area contributed by atoms with Crippen molar-refractivity contribution in [3.05, 3.63) is 30.3 Å². The van der Waals surface area contributed by atoms with Crippen LogP contribution in [-0.2, 0) is 4.74 Å². The van der Waals surface area contributed by atoms with Crippen LogP contribution in [0.2, 0.25) is 0 Å². The SMILES string of the molecule is NC[C@@]1(N2CCOCC2)[C@H]2CCC[C@]21CNc1ccccc1. The summed E-state index contributed by atoms with van der Waals surface area (Å²) in [6.45, 7) is 5.64. The molecule has 22 heavy (non-hydrogen) atoms. The maximum absolute atomic E-state index is 6.33. The van der Waals surface area contributed by atoms with Crippen molar-refractivity contribution in [2.75, 3.05) is 44.7 Å². The maximum atomic E-state index is 6.33. The lowest BCUT2D eigenvalue weighted by atomic mass is 9.92. The number of para-hydroxylation sites is 1. The van der Waals surface area contributed by atoms with Crippen LogP contribution in [0.5, 0.6) is 0 Å². The molecule has 4 rings (SSSR count). The lowest BCUT2D eigenvalue weighted by molar-refractivity contribution is -0.00450. The van der Waals surface area contributed by atoms with E-state index >= 15 is 0 Å². The van der Waals surface area contributed by atoms with Gasteiger partial charge in [-0.15, -0.1) is 0 Å². The molecule has 0 radical (unpaired) electrons. The molecule has 3 fully saturated rings. The number of ether oxygens (including phenoxy) is 1. The van der Waals surface area contributed by atoms with E-state index in [2.05, 4.69) is 40.5 Å². The van der Waals surface area contributed by atoms with Crippen molar-refractivity contribution < 1.29 is 4.74 Å². The minimum atomic E-state index is 0.219. The van der Waals surface area contributed by atoms with E-state index in [0.29, 0.717) is 5.41 Å². The molecule has 120 valence electrons. The predicted octanol–water partition coefficient (Wildman–Crippen LogP) is 1.93. The third-order valence-corrected chi connectivity index (χ3v) is 6.41. The van der Waals surface area contributed by atoms with Crippen molar-refractivity contribution in [1.82, 2.24) is 4.90 Å². The Hall–Kier alpha value is -1.10.